The van der Waals surface area contributed by atoms with Gasteiger partial charge in [0.25, 0.3) is 0 Å². The molecule has 4 aromatic heterocycles. The van der Waals surface area contributed by atoms with E-state index in [1.165, 1.54) is 116 Å². The van der Waals surface area contributed by atoms with Crippen molar-refractivity contribution >= 4 is 90.3 Å². The second-order valence-corrected chi connectivity index (χ2v) is 30.2. The maximum Gasteiger partial charge on any atom is 0.162 e. The van der Waals surface area contributed by atoms with E-state index in [4.69, 9.17) is 9.97 Å². The summed E-state index contributed by atoms with van der Waals surface area (Å²) in [7, 11) is 0. The zero-order chi connectivity index (χ0) is 60.6. The number of ketones is 1. The number of pyridine rings is 2. The Labute approximate surface area is 530 Å². The summed E-state index contributed by atoms with van der Waals surface area (Å²) in [4.78, 5) is 21.5. The number of aryl methyl sites for hydroxylation is 2. The molecule has 0 aliphatic heterocycles. The molecule has 7 heteroatoms. The summed E-state index contributed by atoms with van der Waals surface area (Å²) in [6.45, 7) is 38.2. The fraction of sp³-hybridized carbons (Fsp3) is 0.423. The van der Waals surface area contributed by atoms with Gasteiger partial charge in [-0.3, -0.25) is 14.8 Å². The Morgan fingerprint density at radius 3 is 1.48 bits per heavy atom. The van der Waals surface area contributed by atoms with Crippen LogP contribution in [0.3, 0.4) is 0 Å². The largest absolute Gasteiger partial charge is 0.512 e. The van der Waals surface area contributed by atoms with E-state index in [-0.39, 0.29) is 59.7 Å². The first-order valence-corrected chi connectivity index (χ1v) is 32.9. The SMILES string of the molecule is CCC(CC)C(=O)/C=C(\O)C(CC)CC.Cc1c(C2CCC(C)(C)CC2)ccc2c1sc1c(-c3[c-]c4ccccc4c(C(C)(C)C)c3)nccc12.Cc1c(CC(C)(C)C)ccc2c1sc1c(-c3[c-]c4ccccc4c(C(C)(C)C)c3)nccc12.[Ir]. The minimum absolute atomic E-state index is 0. The average Bonchev–Trinajstić information content (AvgIpc) is 2.00. The molecule has 1 fully saturated rings. The molecule has 85 heavy (non-hydrogen) atoms. The van der Waals surface area contributed by atoms with Gasteiger partial charge in [-0.2, -0.15) is 0 Å². The van der Waals surface area contributed by atoms with Crippen molar-refractivity contribution in [3.8, 4) is 22.5 Å². The van der Waals surface area contributed by atoms with Crippen LogP contribution in [0.4, 0.5) is 0 Å². The molecule has 449 valence electrons. The van der Waals surface area contributed by atoms with E-state index in [9.17, 15) is 9.90 Å². The molecular weight excluding hydrogens is 1250 g/mol. The Morgan fingerprint density at radius 2 is 1.04 bits per heavy atom. The van der Waals surface area contributed by atoms with Crippen molar-refractivity contribution in [2.24, 2.45) is 22.7 Å². The van der Waals surface area contributed by atoms with Gasteiger partial charge in [-0.25, -0.2) is 0 Å². The van der Waals surface area contributed by atoms with Gasteiger partial charge >= 0.3 is 0 Å². The van der Waals surface area contributed by atoms with Crippen molar-refractivity contribution < 1.29 is 30.0 Å². The molecule has 4 nitrogen and oxygen atoms in total. The summed E-state index contributed by atoms with van der Waals surface area (Å²) >= 11 is 3.81. The molecule has 0 bridgehead atoms. The number of hydrogen-bond donors (Lipinski definition) is 1. The molecule has 0 unspecified atom stereocenters. The van der Waals surface area contributed by atoms with Crippen LogP contribution in [0.1, 0.15) is 195 Å². The number of aromatic nitrogens is 2. The van der Waals surface area contributed by atoms with E-state index in [2.05, 4.69) is 199 Å². The van der Waals surface area contributed by atoms with Crippen molar-refractivity contribution in [1.29, 1.82) is 0 Å². The van der Waals surface area contributed by atoms with E-state index in [0.717, 1.165) is 60.0 Å². The number of aliphatic hydroxyl groups is 1. The van der Waals surface area contributed by atoms with Crippen molar-refractivity contribution in [2.45, 2.75) is 192 Å². The van der Waals surface area contributed by atoms with E-state index in [1.54, 1.807) is 5.56 Å². The van der Waals surface area contributed by atoms with E-state index in [0.29, 0.717) is 11.3 Å². The summed E-state index contributed by atoms with van der Waals surface area (Å²) in [6.07, 6.45) is 15.2. The number of carbonyl (C=O) groups is 1. The summed E-state index contributed by atoms with van der Waals surface area (Å²) in [5, 5.41) is 20.0. The first-order chi connectivity index (χ1) is 39.7. The molecule has 4 heterocycles. The molecule has 1 aliphatic rings. The Morgan fingerprint density at radius 1 is 0.600 bits per heavy atom. The summed E-state index contributed by atoms with van der Waals surface area (Å²) < 4.78 is 5.36. The first-order valence-electron chi connectivity index (χ1n) is 31.2. The number of rotatable bonds is 11. The summed E-state index contributed by atoms with van der Waals surface area (Å²) in [5.74, 6) is 1.24. The van der Waals surface area contributed by atoms with Crippen LogP contribution < -0.4 is 0 Å². The number of benzene rings is 6. The Balaban J connectivity index is 0.000000179. The normalized spacial score (nSPS) is 14.3. The van der Waals surface area contributed by atoms with Crippen LogP contribution >= 0.6 is 22.7 Å². The third-order valence-electron chi connectivity index (χ3n) is 18.0. The van der Waals surface area contributed by atoms with Crippen molar-refractivity contribution in [3.63, 3.8) is 0 Å². The zero-order valence-electron chi connectivity index (χ0n) is 54.0. The maximum atomic E-state index is 11.7. The Bertz CT molecular complexity index is 4040. The molecule has 11 rings (SSSR count). The predicted octanol–water partition coefficient (Wildman–Crippen LogP) is 23.5. The van der Waals surface area contributed by atoms with Gasteiger partial charge in [-0.1, -0.05) is 186 Å². The minimum Gasteiger partial charge on any atom is -0.512 e. The maximum absolute atomic E-state index is 11.7. The number of aliphatic hydroxyl groups excluding tert-OH is 1. The van der Waals surface area contributed by atoms with Crippen LogP contribution in [0.25, 0.3) is 84.4 Å². The smallest absolute Gasteiger partial charge is 0.162 e. The van der Waals surface area contributed by atoms with Crippen molar-refractivity contribution in [2.75, 3.05) is 0 Å². The quantitative estimate of drug-likeness (QED) is 0.0796. The molecule has 0 amide bonds. The monoisotopic (exact) mass is 1350 g/mol. The van der Waals surface area contributed by atoms with Gasteiger partial charge in [0, 0.05) is 91.4 Å². The molecule has 10 aromatic rings. The second-order valence-electron chi connectivity index (χ2n) is 28.1. The molecule has 1 radical (unpaired) electrons. The van der Waals surface area contributed by atoms with E-state index in [1.807, 2.05) is 62.8 Å². The number of carbonyl (C=O) groups excluding carboxylic acids is 1. The number of nitrogens with zero attached hydrogens (tertiary/aromatic N) is 2. The summed E-state index contributed by atoms with van der Waals surface area (Å²) in [5.41, 5.74) is 13.7. The first kappa shape index (κ1) is 65.4. The third-order valence-corrected chi connectivity index (χ3v) is 20.7. The third kappa shape index (κ3) is 14.2. The summed E-state index contributed by atoms with van der Waals surface area (Å²) in [6, 6.07) is 43.1. The zero-order valence-corrected chi connectivity index (χ0v) is 58.0. The fourth-order valence-corrected chi connectivity index (χ4v) is 15.5. The van der Waals surface area contributed by atoms with Gasteiger partial charge in [0.2, 0.25) is 0 Å². The number of allylic oxidation sites excluding steroid dienone is 2. The second kappa shape index (κ2) is 26.4. The topological polar surface area (TPSA) is 63.1 Å². The van der Waals surface area contributed by atoms with Gasteiger partial charge in [0.1, 0.15) is 0 Å². The van der Waals surface area contributed by atoms with Crippen LogP contribution in [0.2, 0.25) is 0 Å². The van der Waals surface area contributed by atoms with Gasteiger partial charge in [0.05, 0.1) is 5.76 Å². The van der Waals surface area contributed by atoms with Gasteiger partial charge in [-0.15, -0.1) is 81.0 Å². The van der Waals surface area contributed by atoms with E-state index < -0.39 is 0 Å². The Kier molecular flexibility index (Phi) is 20.3. The molecule has 0 spiro atoms. The molecule has 0 saturated heterocycles. The van der Waals surface area contributed by atoms with Gasteiger partial charge < -0.3 is 5.11 Å². The number of thiophene rings is 2. The molecule has 6 aromatic carbocycles. The van der Waals surface area contributed by atoms with Gasteiger partial charge in [0.15, 0.2) is 5.78 Å². The molecular formula is C78H92IrN2O2S2-2. The van der Waals surface area contributed by atoms with Crippen LogP contribution in [-0.2, 0) is 42.2 Å². The predicted molar refractivity (Wildman–Crippen MR) is 367 cm³/mol. The Hall–Kier alpha value is -5.56. The van der Waals surface area contributed by atoms with Gasteiger partial charge in [-0.05, 0) is 144 Å². The average molecular weight is 1350 g/mol. The van der Waals surface area contributed by atoms with E-state index >= 15 is 0 Å². The van der Waals surface area contributed by atoms with Crippen molar-refractivity contribution in [3.05, 3.63) is 167 Å². The minimum atomic E-state index is 0. The number of fused-ring (bicyclic) bond motifs is 8. The molecule has 1 N–H and O–H groups in total. The van der Waals surface area contributed by atoms with Crippen molar-refractivity contribution in [1.82, 2.24) is 9.97 Å². The van der Waals surface area contributed by atoms with Crippen LogP contribution in [0, 0.1) is 48.6 Å². The molecule has 1 saturated carbocycles. The number of hydrogen-bond acceptors (Lipinski definition) is 6. The standard InChI is InChI=1S/C34H36NS.C31H32NS.C13H24O2.Ir/c1-21-25(22-13-16-34(5,6)17-14-22)11-12-27-28-15-18-35-30(32(28)36-31(21)27)24-19-23-9-7-8-10-26(23)29(20-24)33(2,3)4;1-19-21(18-30(2,3)4)12-13-24-25-14-15-32-27(29(25)33-28(19)24)22-16-20-10-8-9-11-23(20)26(17-22)31(5,6)7;1-5-10(6-2)12(14)9-13(15)11(7-3)8-4;/h7-12,15,18,20,22H,13-14,16-17H2,1-6H3;8-15,17H,18H2,1-7H3;9-11,14H,5-8H2,1-4H3;/q2*-1;;/b;;12-9-;. The van der Waals surface area contributed by atoms with Crippen LogP contribution in [0.5, 0.6) is 0 Å². The molecule has 1 aliphatic carbocycles. The fourth-order valence-electron chi connectivity index (χ4n) is 12.9. The van der Waals surface area contributed by atoms with Crippen LogP contribution in [-0.4, -0.2) is 20.9 Å². The van der Waals surface area contributed by atoms with Crippen LogP contribution in [0.15, 0.2) is 121 Å². The molecule has 0 atom stereocenters.